The standard InChI is InChI=1S/C20H27N3O5S/c1-13(2)12-28-18(25)11-16-19(26)21-8-9-23(16)20(29)22-17(24)10-14-4-6-15(27-3)7-5-14/h4-7,13,16H,8-12H2,1-3H3,(H,21,26)(H,22,24,29). The SMILES string of the molecule is COc1ccc(CC(=O)NC(=S)N2CCNC(=O)C2CC(=O)OCC(C)C)cc1. The molecule has 0 saturated carbocycles. The summed E-state index contributed by atoms with van der Waals surface area (Å²) in [6, 6.07) is 6.33. The summed E-state index contributed by atoms with van der Waals surface area (Å²) in [5.74, 6) is -0.181. The number of benzene rings is 1. The van der Waals surface area contributed by atoms with E-state index in [1.54, 1.807) is 36.3 Å². The fourth-order valence-electron chi connectivity index (χ4n) is 2.80. The van der Waals surface area contributed by atoms with Gasteiger partial charge < -0.3 is 25.0 Å². The van der Waals surface area contributed by atoms with Crippen molar-refractivity contribution in [1.82, 2.24) is 15.5 Å². The largest absolute Gasteiger partial charge is 0.497 e. The first-order chi connectivity index (χ1) is 13.8. The molecule has 1 aliphatic rings. The second-order valence-corrected chi connectivity index (χ2v) is 7.55. The number of esters is 1. The minimum atomic E-state index is -0.808. The van der Waals surface area contributed by atoms with Gasteiger partial charge in [0.25, 0.3) is 0 Å². The molecule has 0 spiro atoms. The van der Waals surface area contributed by atoms with Crippen molar-refractivity contribution in [2.45, 2.75) is 32.7 Å². The molecule has 1 unspecified atom stereocenters. The van der Waals surface area contributed by atoms with Crippen molar-refractivity contribution < 1.29 is 23.9 Å². The highest BCUT2D eigenvalue weighted by Gasteiger charge is 2.34. The molecule has 158 valence electrons. The summed E-state index contributed by atoms with van der Waals surface area (Å²) >= 11 is 5.34. The summed E-state index contributed by atoms with van der Waals surface area (Å²) in [5, 5.41) is 5.50. The van der Waals surface area contributed by atoms with Crippen molar-refractivity contribution in [2.75, 3.05) is 26.8 Å². The molecule has 8 nitrogen and oxygen atoms in total. The van der Waals surface area contributed by atoms with Crippen LogP contribution in [0.15, 0.2) is 24.3 Å². The Morgan fingerprint density at radius 1 is 1.31 bits per heavy atom. The summed E-state index contributed by atoms with van der Waals surface area (Å²) < 4.78 is 10.3. The first kappa shape index (κ1) is 22.6. The lowest BCUT2D eigenvalue weighted by Gasteiger charge is -2.36. The van der Waals surface area contributed by atoms with Gasteiger partial charge in [0.1, 0.15) is 11.8 Å². The number of carbonyl (C=O) groups is 3. The smallest absolute Gasteiger partial charge is 0.308 e. The molecule has 2 N–H and O–H groups in total. The van der Waals surface area contributed by atoms with E-state index in [-0.39, 0.29) is 42.3 Å². The number of hydrogen-bond acceptors (Lipinski definition) is 6. The number of carbonyl (C=O) groups excluding carboxylic acids is 3. The number of ether oxygens (including phenoxy) is 2. The minimum Gasteiger partial charge on any atom is -0.497 e. The fourth-order valence-corrected chi connectivity index (χ4v) is 3.13. The van der Waals surface area contributed by atoms with Gasteiger partial charge in [0, 0.05) is 13.1 Å². The van der Waals surface area contributed by atoms with Crippen LogP contribution in [0.2, 0.25) is 0 Å². The second kappa shape index (κ2) is 10.8. The number of nitrogens with zero attached hydrogens (tertiary/aromatic N) is 1. The Morgan fingerprint density at radius 3 is 2.62 bits per heavy atom. The maximum absolute atomic E-state index is 12.4. The van der Waals surface area contributed by atoms with Crippen molar-refractivity contribution >= 4 is 35.1 Å². The van der Waals surface area contributed by atoms with Gasteiger partial charge in [-0.2, -0.15) is 0 Å². The molecule has 1 aliphatic heterocycles. The van der Waals surface area contributed by atoms with E-state index in [1.807, 2.05) is 13.8 Å². The first-order valence-electron chi connectivity index (χ1n) is 9.47. The van der Waals surface area contributed by atoms with Crippen molar-refractivity contribution in [3.05, 3.63) is 29.8 Å². The average molecular weight is 422 g/mol. The summed E-state index contributed by atoms with van der Waals surface area (Å²) in [4.78, 5) is 38.3. The predicted molar refractivity (Wildman–Crippen MR) is 111 cm³/mol. The lowest BCUT2D eigenvalue weighted by atomic mass is 10.1. The summed E-state index contributed by atoms with van der Waals surface area (Å²) in [6.07, 6.45) is -0.00168. The van der Waals surface area contributed by atoms with Crippen LogP contribution in [0.25, 0.3) is 0 Å². The normalized spacial score (nSPS) is 16.2. The Hall–Kier alpha value is -2.68. The molecule has 1 aromatic carbocycles. The number of hydrogen-bond donors (Lipinski definition) is 2. The van der Waals surface area contributed by atoms with Crippen LogP contribution in [-0.2, 0) is 25.5 Å². The Balaban J connectivity index is 1.95. The quantitative estimate of drug-likeness (QED) is 0.501. The third kappa shape index (κ3) is 7.01. The van der Waals surface area contributed by atoms with E-state index in [2.05, 4.69) is 10.6 Å². The third-order valence-electron chi connectivity index (χ3n) is 4.30. The van der Waals surface area contributed by atoms with Crippen LogP contribution in [0.4, 0.5) is 0 Å². The number of methoxy groups -OCH3 is 1. The van der Waals surface area contributed by atoms with Crippen LogP contribution in [-0.4, -0.2) is 60.6 Å². The van der Waals surface area contributed by atoms with Crippen molar-refractivity contribution in [2.24, 2.45) is 5.92 Å². The number of thiocarbonyl (C=S) groups is 1. The van der Waals surface area contributed by atoms with Gasteiger partial charge in [0.05, 0.1) is 26.6 Å². The highest BCUT2D eigenvalue weighted by molar-refractivity contribution is 7.80. The van der Waals surface area contributed by atoms with Crippen LogP contribution in [0.1, 0.15) is 25.8 Å². The van der Waals surface area contributed by atoms with E-state index >= 15 is 0 Å². The highest BCUT2D eigenvalue weighted by atomic mass is 32.1. The average Bonchev–Trinajstić information content (AvgIpc) is 2.68. The highest BCUT2D eigenvalue weighted by Crippen LogP contribution is 2.13. The number of piperazine rings is 1. The van der Waals surface area contributed by atoms with Gasteiger partial charge in [0.2, 0.25) is 11.8 Å². The molecule has 1 heterocycles. The maximum atomic E-state index is 12.4. The molecule has 2 amide bonds. The van der Waals surface area contributed by atoms with Crippen LogP contribution in [0.5, 0.6) is 5.75 Å². The molecule has 1 aromatic rings. The van der Waals surface area contributed by atoms with Crippen molar-refractivity contribution in [3.63, 3.8) is 0 Å². The molecule has 0 aromatic heterocycles. The summed E-state index contributed by atoms with van der Waals surface area (Å²) in [5.41, 5.74) is 0.802. The van der Waals surface area contributed by atoms with E-state index in [4.69, 9.17) is 21.7 Å². The van der Waals surface area contributed by atoms with Crippen LogP contribution >= 0.6 is 12.2 Å². The molecule has 0 radical (unpaired) electrons. The van der Waals surface area contributed by atoms with E-state index in [1.165, 1.54) is 0 Å². The molecular weight excluding hydrogens is 394 g/mol. The minimum absolute atomic E-state index is 0.125. The molecular formula is C20H27N3O5S. The van der Waals surface area contributed by atoms with Crippen molar-refractivity contribution in [1.29, 1.82) is 0 Å². The topological polar surface area (TPSA) is 97.0 Å². The van der Waals surface area contributed by atoms with Gasteiger partial charge in [-0.3, -0.25) is 14.4 Å². The number of nitrogens with one attached hydrogen (secondary N) is 2. The monoisotopic (exact) mass is 421 g/mol. The zero-order valence-corrected chi connectivity index (χ0v) is 17.7. The molecule has 1 atom stereocenters. The van der Waals surface area contributed by atoms with Crippen LogP contribution < -0.4 is 15.4 Å². The summed E-state index contributed by atoms with van der Waals surface area (Å²) in [7, 11) is 1.57. The van der Waals surface area contributed by atoms with Gasteiger partial charge in [0.15, 0.2) is 5.11 Å². The van der Waals surface area contributed by atoms with Crippen LogP contribution in [0.3, 0.4) is 0 Å². The lowest BCUT2D eigenvalue weighted by Crippen LogP contribution is -2.60. The Kier molecular flexibility index (Phi) is 8.38. The van der Waals surface area contributed by atoms with Gasteiger partial charge in [-0.25, -0.2) is 0 Å². The third-order valence-corrected chi connectivity index (χ3v) is 4.64. The number of rotatable bonds is 7. The molecule has 9 heteroatoms. The first-order valence-corrected chi connectivity index (χ1v) is 9.87. The molecule has 1 saturated heterocycles. The molecule has 0 bridgehead atoms. The van der Waals surface area contributed by atoms with Gasteiger partial charge in [-0.15, -0.1) is 0 Å². The maximum Gasteiger partial charge on any atom is 0.308 e. The van der Waals surface area contributed by atoms with Crippen LogP contribution in [0, 0.1) is 5.92 Å². The number of amides is 2. The summed E-state index contributed by atoms with van der Waals surface area (Å²) in [6.45, 7) is 4.93. The van der Waals surface area contributed by atoms with E-state index in [9.17, 15) is 14.4 Å². The van der Waals surface area contributed by atoms with Crippen molar-refractivity contribution in [3.8, 4) is 5.75 Å². The second-order valence-electron chi connectivity index (χ2n) is 7.16. The van der Waals surface area contributed by atoms with Gasteiger partial charge in [-0.1, -0.05) is 26.0 Å². The zero-order valence-electron chi connectivity index (χ0n) is 16.9. The van der Waals surface area contributed by atoms with Gasteiger partial charge in [-0.05, 0) is 35.8 Å². The molecule has 0 aliphatic carbocycles. The molecule has 29 heavy (non-hydrogen) atoms. The van der Waals surface area contributed by atoms with E-state index in [0.717, 1.165) is 5.56 Å². The molecule has 1 fully saturated rings. The lowest BCUT2D eigenvalue weighted by molar-refractivity contribution is -0.148. The van der Waals surface area contributed by atoms with Gasteiger partial charge >= 0.3 is 5.97 Å². The zero-order chi connectivity index (χ0) is 21.4. The Morgan fingerprint density at radius 2 is 2.00 bits per heavy atom. The molecule has 2 rings (SSSR count). The van der Waals surface area contributed by atoms with E-state index < -0.39 is 12.0 Å². The van der Waals surface area contributed by atoms with E-state index in [0.29, 0.717) is 18.8 Å². The fraction of sp³-hybridized carbons (Fsp3) is 0.500. The Bertz CT molecular complexity index is 751. The predicted octanol–water partition coefficient (Wildman–Crippen LogP) is 1.03. The Labute approximate surface area is 175 Å².